The van der Waals surface area contributed by atoms with Crippen molar-refractivity contribution in [3.63, 3.8) is 0 Å². The maximum Gasteiger partial charge on any atom is 0.333 e. The summed E-state index contributed by atoms with van der Waals surface area (Å²) in [5, 5.41) is 0.597. The van der Waals surface area contributed by atoms with Crippen LogP contribution in [0.2, 0.25) is 0 Å². The molecule has 0 radical (unpaired) electrons. The van der Waals surface area contributed by atoms with Gasteiger partial charge in [-0.25, -0.2) is 19.2 Å². The molecule has 7 heteroatoms. The van der Waals surface area contributed by atoms with Gasteiger partial charge in [-0.05, 0) is 74.9 Å². The summed E-state index contributed by atoms with van der Waals surface area (Å²) < 4.78 is 21.3. The number of fused-ring (bicyclic) bond motifs is 1. The summed E-state index contributed by atoms with van der Waals surface area (Å²) >= 11 is 1.41. The SMILES string of the molecule is CCOC(=O)[C@@](C)(CCc1ccc(-c2nc3ccc(C4(c5ccccc5)CC4)nc3s2)c(F)c1)N=C(c1ccccc1)c1ccccc1. The van der Waals surface area contributed by atoms with Crippen molar-refractivity contribution in [1.29, 1.82) is 0 Å². The van der Waals surface area contributed by atoms with Crippen molar-refractivity contribution in [3.8, 4) is 10.6 Å². The summed E-state index contributed by atoms with van der Waals surface area (Å²) in [6.07, 6.45) is 2.90. The van der Waals surface area contributed by atoms with Gasteiger partial charge in [0.25, 0.3) is 0 Å². The van der Waals surface area contributed by atoms with Gasteiger partial charge in [-0.3, -0.25) is 4.99 Å². The number of halogens is 1. The Morgan fingerprint density at radius 2 is 1.52 bits per heavy atom. The number of aromatic nitrogens is 2. The van der Waals surface area contributed by atoms with Crippen LogP contribution in [-0.2, 0) is 21.4 Å². The third-order valence-corrected chi connectivity index (χ3v) is 10.2. The fourth-order valence-corrected chi connectivity index (χ4v) is 7.24. The molecule has 0 bridgehead atoms. The maximum atomic E-state index is 15.7. The van der Waals surface area contributed by atoms with Crippen molar-refractivity contribution in [2.75, 3.05) is 6.61 Å². The second kappa shape index (κ2) is 13.2. The topological polar surface area (TPSA) is 64.4 Å². The molecule has 1 aliphatic carbocycles. The molecule has 0 aliphatic heterocycles. The molecule has 0 saturated heterocycles. The number of ether oxygens (including phenoxy) is 1. The second-order valence-corrected chi connectivity index (χ2v) is 13.5. The largest absolute Gasteiger partial charge is 0.464 e. The van der Waals surface area contributed by atoms with E-state index in [1.165, 1.54) is 16.9 Å². The highest BCUT2D eigenvalue weighted by Crippen LogP contribution is 2.53. The molecule has 6 aromatic rings. The van der Waals surface area contributed by atoms with Crippen molar-refractivity contribution < 1.29 is 13.9 Å². The number of aryl methyl sites for hydroxylation is 1. The monoisotopic (exact) mass is 653 g/mol. The third kappa shape index (κ3) is 6.30. The molecule has 0 amide bonds. The number of aliphatic imine (C=N–C) groups is 1. The number of pyridine rings is 1. The summed E-state index contributed by atoms with van der Waals surface area (Å²) in [5.74, 6) is -0.765. The zero-order valence-corrected chi connectivity index (χ0v) is 27.8. The number of hydrogen-bond donors (Lipinski definition) is 0. The molecule has 7 rings (SSSR count). The van der Waals surface area contributed by atoms with Gasteiger partial charge in [-0.15, -0.1) is 0 Å². The minimum Gasteiger partial charge on any atom is -0.464 e. The van der Waals surface area contributed by atoms with Crippen molar-refractivity contribution in [2.24, 2.45) is 4.99 Å². The van der Waals surface area contributed by atoms with E-state index in [4.69, 9.17) is 19.7 Å². The third-order valence-electron chi connectivity index (χ3n) is 9.15. The fourth-order valence-electron chi connectivity index (χ4n) is 6.27. The van der Waals surface area contributed by atoms with Gasteiger partial charge in [0.1, 0.15) is 21.2 Å². The number of hydrogen-bond acceptors (Lipinski definition) is 6. The molecule has 2 aromatic heterocycles. The second-order valence-electron chi connectivity index (χ2n) is 12.5. The Morgan fingerprint density at radius 1 is 0.875 bits per heavy atom. The lowest BCUT2D eigenvalue weighted by Gasteiger charge is -2.25. The molecule has 1 saturated carbocycles. The zero-order chi connectivity index (χ0) is 33.1. The van der Waals surface area contributed by atoms with Crippen molar-refractivity contribution in [2.45, 2.75) is 50.5 Å². The van der Waals surface area contributed by atoms with E-state index in [2.05, 4.69) is 30.3 Å². The Kier molecular flexibility index (Phi) is 8.71. The summed E-state index contributed by atoms with van der Waals surface area (Å²) in [6, 6.07) is 39.5. The predicted octanol–water partition coefficient (Wildman–Crippen LogP) is 9.37. The lowest BCUT2D eigenvalue weighted by molar-refractivity contribution is -0.149. The lowest BCUT2D eigenvalue weighted by Crippen LogP contribution is -2.37. The molecular weight excluding hydrogens is 618 g/mol. The van der Waals surface area contributed by atoms with Gasteiger partial charge in [-0.2, -0.15) is 0 Å². The van der Waals surface area contributed by atoms with E-state index < -0.39 is 11.5 Å². The molecule has 5 nitrogen and oxygen atoms in total. The predicted molar refractivity (Wildman–Crippen MR) is 191 cm³/mol. The molecule has 0 unspecified atom stereocenters. The van der Waals surface area contributed by atoms with Gasteiger partial charge in [0.05, 0.1) is 18.0 Å². The number of nitrogens with zero attached hydrogens (tertiary/aromatic N) is 3. The van der Waals surface area contributed by atoms with Crippen LogP contribution in [0.3, 0.4) is 0 Å². The molecule has 0 N–H and O–H groups in total. The summed E-state index contributed by atoms with van der Waals surface area (Å²) in [4.78, 5) is 29.1. The van der Waals surface area contributed by atoms with Crippen molar-refractivity contribution in [3.05, 3.63) is 155 Å². The Hall–Kier alpha value is -5.01. The maximum absolute atomic E-state index is 15.7. The van der Waals surface area contributed by atoms with Gasteiger partial charge in [0, 0.05) is 22.1 Å². The van der Waals surface area contributed by atoms with Crippen LogP contribution in [0.5, 0.6) is 0 Å². The quantitative estimate of drug-likeness (QED) is 0.103. The molecule has 1 atom stereocenters. The van der Waals surface area contributed by atoms with Crippen LogP contribution < -0.4 is 0 Å². The van der Waals surface area contributed by atoms with Crippen LogP contribution in [0, 0.1) is 5.82 Å². The Bertz CT molecular complexity index is 2050. The minimum absolute atomic E-state index is 0.0441. The molecule has 240 valence electrons. The molecule has 48 heavy (non-hydrogen) atoms. The van der Waals surface area contributed by atoms with Gasteiger partial charge in [0.2, 0.25) is 0 Å². The van der Waals surface area contributed by atoms with Crippen LogP contribution in [0.15, 0.2) is 126 Å². The number of benzene rings is 4. The number of carbonyl (C=O) groups excluding carboxylic acids is 1. The van der Waals surface area contributed by atoms with E-state index in [9.17, 15) is 4.79 Å². The molecule has 1 aliphatic rings. The summed E-state index contributed by atoms with van der Waals surface area (Å²) in [7, 11) is 0. The molecular formula is C41H36FN3O2S. The molecule has 1 fully saturated rings. The lowest BCUT2D eigenvalue weighted by atomic mass is 9.92. The van der Waals surface area contributed by atoms with Crippen LogP contribution in [0.1, 0.15) is 61.1 Å². The van der Waals surface area contributed by atoms with Crippen LogP contribution in [0.25, 0.3) is 20.9 Å². The fraction of sp³-hybridized carbons (Fsp3) is 0.220. The Balaban J connectivity index is 1.15. The standard InChI is InChI=1S/C41H36FN3O2S/c1-3-47-39(46)40(2,45-36(29-13-7-4-8-14-29)30-15-9-5-10-16-30)24-23-28-19-20-32(33(42)27-28)37-43-34-21-22-35(44-38(34)48-37)41(25-26-41)31-17-11-6-12-18-31/h4-22,27H,3,23-26H2,1-2H3/t40-/m1/s1. The zero-order valence-electron chi connectivity index (χ0n) is 27.0. The van der Waals surface area contributed by atoms with Gasteiger partial charge >= 0.3 is 5.97 Å². The number of thiazole rings is 1. The van der Waals surface area contributed by atoms with Crippen LogP contribution in [0.4, 0.5) is 4.39 Å². The number of esters is 1. The van der Waals surface area contributed by atoms with E-state index in [1.54, 1.807) is 26.0 Å². The van der Waals surface area contributed by atoms with E-state index >= 15 is 4.39 Å². The van der Waals surface area contributed by atoms with Crippen molar-refractivity contribution >= 4 is 33.4 Å². The van der Waals surface area contributed by atoms with E-state index in [1.807, 2.05) is 78.9 Å². The molecule has 0 spiro atoms. The molecule has 4 aromatic carbocycles. The van der Waals surface area contributed by atoms with E-state index in [0.717, 1.165) is 45.6 Å². The highest BCUT2D eigenvalue weighted by atomic mass is 32.1. The highest BCUT2D eigenvalue weighted by Gasteiger charge is 2.47. The van der Waals surface area contributed by atoms with Gasteiger partial charge in [-0.1, -0.05) is 108 Å². The first kappa shape index (κ1) is 31.6. The normalized spacial score (nSPS) is 14.6. The summed E-state index contributed by atoms with van der Waals surface area (Å²) in [6.45, 7) is 3.83. The smallest absolute Gasteiger partial charge is 0.333 e. The van der Waals surface area contributed by atoms with E-state index in [0.29, 0.717) is 29.1 Å². The Morgan fingerprint density at radius 3 is 2.12 bits per heavy atom. The first-order valence-electron chi connectivity index (χ1n) is 16.4. The molecule has 2 heterocycles. The van der Waals surface area contributed by atoms with E-state index in [-0.39, 0.29) is 17.8 Å². The average Bonchev–Trinajstić information content (AvgIpc) is 3.83. The first-order chi connectivity index (χ1) is 23.4. The van der Waals surface area contributed by atoms with Gasteiger partial charge in [0.15, 0.2) is 5.54 Å². The minimum atomic E-state index is -1.19. The Labute approximate surface area is 284 Å². The number of carbonyl (C=O) groups is 1. The summed E-state index contributed by atoms with van der Waals surface area (Å²) in [5.41, 5.74) is 5.57. The highest BCUT2D eigenvalue weighted by molar-refractivity contribution is 7.21. The average molecular weight is 654 g/mol. The van der Waals surface area contributed by atoms with Crippen LogP contribution >= 0.6 is 11.3 Å². The number of rotatable bonds is 11. The van der Waals surface area contributed by atoms with Gasteiger partial charge < -0.3 is 4.74 Å². The van der Waals surface area contributed by atoms with Crippen LogP contribution in [-0.4, -0.2) is 33.8 Å². The first-order valence-corrected chi connectivity index (χ1v) is 17.2. The van der Waals surface area contributed by atoms with Crippen molar-refractivity contribution in [1.82, 2.24) is 9.97 Å².